The lowest BCUT2D eigenvalue weighted by molar-refractivity contribution is 0.531. The van der Waals surface area contributed by atoms with Crippen molar-refractivity contribution in [3.8, 4) is 0 Å². The monoisotopic (exact) mass is 276 g/mol. The number of nitrogens with one attached hydrogen (secondary N) is 1. The molecule has 0 aliphatic heterocycles. The van der Waals surface area contributed by atoms with Gasteiger partial charge in [-0.2, -0.15) is 0 Å². The maximum atomic E-state index is 12.1. The second-order valence-electron chi connectivity index (χ2n) is 4.01. The van der Waals surface area contributed by atoms with Gasteiger partial charge in [0.1, 0.15) is 4.21 Å². The molecular formula is C11H20N2O2S2. The molecule has 0 aliphatic rings. The van der Waals surface area contributed by atoms with Crippen molar-refractivity contribution in [1.82, 2.24) is 4.72 Å². The molecule has 0 unspecified atom stereocenters. The number of thiophene rings is 1. The van der Waals surface area contributed by atoms with Crippen molar-refractivity contribution in [3.05, 3.63) is 16.5 Å². The van der Waals surface area contributed by atoms with Crippen molar-refractivity contribution in [1.29, 1.82) is 0 Å². The largest absolute Gasteiger partial charge is 0.326 e. The highest BCUT2D eigenvalue weighted by Gasteiger charge is 2.21. The van der Waals surface area contributed by atoms with E-state index in [-0.39, 0.29) is 6.04 Å². The molecule has 1 heterocycles. The van der Waals surface area contributed by atoms with Gasteiger partial charge in [0.15, 0.2) is 0 Å². The van der Waals surface area contributed by atoms with Crippen LogP contribution in [0.4, 0.5) is 0 Å². The van der Waals surface area contributed by atoms with Gasteiger partial charge in [0, 0.05) is 17.5 Å². The minimum Gasteiger partial charge on any atom is -0.326 e. The van der Waals surface area contributed by atoms with Crippen LogP contribution in [0.25, 0.3) is 0 Å². The van der Waals surface area contributed by atoms with Crippen LogP contribution in [-0.4, -0.2) is 14.5 Å². The van der Waals surface area contributed by atoms with Crippen molar-refractivity contribution >= 4 is 21.4 Å². The van der Waals surface area contributed by atoms with E-state index in [2.05, 4.69) is 4.72 Å². The maximum Gasteiger partial charge on any atom is 0.250 e. The van der Waals surface area contributed by atoms with E-state index in [4.69, 9.17) is 5.73 Å². The Morgan fingerprint density at radius 3 is 2.41 bits per heavy atom. The second kappa shape index (κ2) is 5.95. The zero-order chi connectivity index (χ0) is 13.1. The normalized spacial score (nSPS) is 12.3. The summed E-state index contributed by atoms with van der Waals surface area (Å²) in [4.78, 5) is 0.926. The maximum absolute atomic E-state index is 12.1. The summed E-state index contributed by atoms with van der Waals surface area (Å²) in [5, 5.41) is 0. The molecule has 1 aromatic rings. The number of sulfonamides is 1. The van der Waals surface area contributed by atoms with Crippen molar-refractivity contribution in [2.45, 2.75) is 50.4 Å². The van der Waals surface area contributed by atoms with E-state index in [1.54, 1.807) is 6.07 Å². The van der Waals surface area contributed by atoms with Gasteiger partial charge in [0.05, 0.1) is 0 Å². The Labute approximate surface area is 107 Å². The van der Waals surface area contributed by atoms with Crippen LogP contribution in [0.3, 0.4) is 0 Å². The van der Waals surface area contributed by atoms with E-state index < -0.39 is 10.0 Å². The molecule has 1 rings (SSSR count). The first-order valence-corrected chi connectivity index (χ1v) is 8.06. The predicted molar refractivity (Wildman–Crippen MR) is 71.6 cm³/mol. The molecule has 0 aliphatic carbocycles. The Hall–Kier alpha value is -0.430. The van der Waals surface area contributed by atoms with E-state index in [0.717, 1.165) is 23.3 Å². The summed E-state index contributed by atoms with van der Waals surface area (Å²) in [5.41, 5.74) is 6.50. The van der Waals surface area contributed by atoms with Crippen LogP contribution in [0.5, 0.6) is 0 Å². The lowest BCUT2D eigenvalue weighted by atomic mass is 10.2. The quantitative estimate of drug-likeness (QED) is 0.834. The molecule has 17 heavy (non-hydrogen) atoms. The van der Waals surface area contributed by atoms with Crippen LogP contribution in [0.1, 0.15) is 37.1 Å². The molecule has 0 spiro atoms. The molecule has 0 saturated carbocycles. The van der Waals surface area contributed by atoms with Gasteiger partial charge in [-0.15, -0.1) is 11.3 Å². The van der Waals surface area contributed by atoms with Gasteiger partial charge in [0.25, 0.3) is 0 Å². The van der Waals surface area contributed by atoms with Crippen LogP contribution in [0, 0.1) is 6.92 Å². The highest BCUT2D eigenvalue weighted by Crippen LogP contribution is 2.25. The fourth-order valence-corrected chi connectivity index (χ4v) is 4.44. The van der Waals surface area contributed by atoms with Crippen LogP contribution in [0.2, 0.25) is 0 Å². The highest BCUT2D eigenvalue weighted by molar-refractivity contribution is 7.91. The van der Waals surface area contributed by atoms with E-state index in [1.807, 2.05) is 20.8 Å². The molecule has 3 N–H and O–H groups in total. The summed E-state index contributed by atoms with van der Waals surface area (Å²) in [6.07, 6.45) is 1.59. The van der Waals surface area contributed by atoms with Crippen molar-refractivity contribution in [3.63, 3.8) is 0 Å². The van der Waals surface area contributed by atoms with Crippen LogP contribution in [0.15, 0.2) is 10.3 Å². The second-order valence-corrected chi connectivity index (χ2v) is 7.09. The zero-order valence-corrected chi connectivity index (χ0v) is 12.1. The molecule has 0 saturated heterocycles. The molecule has 1 aromatic heterocycles. The average Bonchev–Trinajstić information content (AvgIpc) is 2.68. The number of aryl methyl sites for hydroxylation is 1. The number of hydrogen-bond donors (Lipinski definition) is 2. The smallest absolute Gasteiger partial charge is 0.250 e. The topological polar surface area (TPSA) is 72.2 Å². The van der Waals surface area contributed by atoms with Gasteiger partial charge in [-0.05, 0) is 31.4 Å². The van der Waals surface area contributed by atoms with Gasteiger partial charge in [-0.1, -0.05) is 13.8 Å². The molecule has 0 amide bonds. The molecule has 0 radical (unpaired) electrons. The molecule has 98 valence electrons. The molecule has 0 bridgehead atoms. The minimum absolute atomic E-state index is 0.00346. The molecule has 0 aromatic carbocycles. The predicted octanol–water partition coefficient (Wildman–Crippen LogP) is 1.98. The van der Waals surface area contributed by atoms with Gasteiger partial charge in [-0.3, -0.25) is 0 Å². The van der Waals surface area contributed by atoms with Gasteiger partial charge in [-0.25, -0.2) is 13.1 Å². The van der Waals surface area contributed by atoms with Crippen LogP contribution >= 0.6 is 11.3 Å². The number of nitrogens with two attached hydrogens (primary N) is 1. The van der Waals surface area contributed by atoms with Crippen LogP contribution < -0.4 is 10.5 Å². The van der Waals surface area contributed by atoms with Crippen molar-refractivity contribution in [2.24, 2.45) is 5.73 Å². The van der Waals surface area contributed by atoms with E-state index in [9.17, 15) is 8.42 Å². The van der Waals surface area contributed by atoms with Gasteiger partial charge in [0.2, 0.25) is 10.0 Å². The Morgan fingerprint density at radius 2 is 2.00 bits per heavy atom. The molecule has 0 atom stereocenters. The third-order valence-electron chi connectivity index (χ3n) is 2.76. The van der Waals surface area contributed by atoms with E-state index in [0.29, 0.717) is 10.8 Å². The lowest BCUT2D eigenvalue weighted by Gasteiger charge is -2.13. The zero-order valence-electron chi connectivity index (χ0n) is 10.5. The first-order valence-electron chi connectivity index (χ1n) is 5.76. The fraction of sp³-hybridized carbons (Fsp3) is 0.636. The molecular weight excluding hydrogens is 256 g/mol. The summed E-state index contributed by atoms with van der Waals surface area (Å²) < 4.78 is 27.3. The first kappa shape index (κ1) is 14.6. The number of hydrogen-bond acceptors (Lipinski definition) is 4. The molecule has 0 fully saturated rings. The first-order chi connectivity index (χ1) is 7.94. The SMILES string of the molecule is CCC(CC)NS(=O)(=O)c1cc(C)c(CN)s1. The third-order valence-corrected chi connectivity index (χ3v) is 6.01. The van der Waals surface area contributed by atoms with Crippen LogP contribution in [-0.2, 0) is 16.6 Å². The highest BCUT2D eigenvalue weighted by atomic mass is 32.2. The third kappa shape index (κ3) is 3.51. The average molecular weight is 276 g/mol. The summed E-state index contributed by atoms with van der Waals surface area (Å²) in [6, 6.07) is 1.70. The number of rotatable bonds is 6. The Morgan fingerprint density at radius 1 is 1.41 bits per heavy atom. The van der Waals surface area contributed by atoms with Gasteiger partial charge >= 0.3 is 0 Å². The summed E-state index contributed by atoms with van der Waals surface area (Å²) in [6.45, 7) is 6.22. The Kier molecular flexibility index (Phi) is 5.12. The van der Waals surface area contributed by atoms with Crippen molar-refractivity contribution in [2.75, 3.05) is 0 Å². The Balaban J connectivity index is 2.96. The van der Waals surface area contributed by atoms with Crippen molar-refractivity contribution < 1.29 is 8.42 Å². The summed E-state index contributed by atoms with van der Waals surface area (Å²) in [5.74, 6) is 0. The molecule has 4 nitrogen and oxygen atoms in total. The molecule has 6 heteroatoms. The summed E-state index contributed by atoms with van der Waals surface area (Å²) in [7, 11) is -3.38. The van der Waals surface area contributed by atoms with E-state index >= 15 is 0 Å². The Bertz CT molecular complexity index is 462. The summed E-state index contributed by atoms with van der Waals surface area (Å²) >= 11 is 1.25. The fourth-order valence-electron chi connectivity index (χ4n) is 1.56. The van der Waals surface area contributed by atoms with Gasteiger partial charge < -0.3 is 5.73 Å². The standard InChI is InChI=1S/C11H20N2O2S2/c1-4-9(5-2)13-17(14,15)11-6-8(3)10(7-12)16-11/h6,9,13H,4-5,7,12H2,1-3H3. The van der Waals surface area contributed by atoms with E-state index in [1.165, 1.54) is 11.3 Å². The minimum atomic E-state index is -3.38. The lowest BCUT2D eigenvalue weighted by Crippen LogP contribution is -2.33.